The Hall–Kier alpha value is -3.04. The number of aliphatic hydroxyl groups is 1. The van der Waals surface area contributed by atoms with Crippen molar-refractivity contribution in [2.24, 2.45) is 0 Å². The highest BCUT2D eigenvalue weighted by molar-refractivity contribution is 5.85. The van der Waals surface area contributed by atoms with E-state index in [1.54, 1.807) is 30.7 Å². The zero-order chi connectivity index (χ0) is 20.9. The normalized spacial score (nSPS) is 16.5. The lowest BCUT2D eigenvalue weighted by molar-refractivity contribution is 0.266. The van der Waals surface area contributed by atoms with Gasteiger partial charge in [-0.1, -0.05) is 12.1 Å². The van der Waals surface area contributed by atoms with Crippen LogP contribution in [0, 0.1) is 5.82 Å². The van der Waals surface area contributed by atoms with Crippen molar-refractivity contribution in [2.45, 2.75) is 31.8 Å². The van der Waals surface area contributed by atoms with Gasteiger partial charge in [0.15, 0.2) is 0 Å². The average molecular weight is 446 g/mol. The molecule has 1 aliphatic rings. The van der Waals surface area contributed by atoms with Crippen molar-refractivity contribution in [1.29, 1.82) is 0 Å². The Bertz CT molecular complexity index is 977. The largest absolute Gasteiger partial charge is 0.394 e. The van der Waals surface area contributed by atoms with Crippen molar-refractivity contribution < 1.29 is 9.50 Å². The molecule has 8 nitrogen and oxygen atoms in total. The summed E-state index contributed by atoms with van der Waals surface area (Å²) in [5, 5.41) is 16.2. The molecule has 0 aliphatic carbocycles. The van der Waals surface area contributed by atoms with E-state index in [1.807, 2.05) is 13.0 Å². The molecule has 1 aliphatic heterocycles. The van der Waals surface area contributed by atoms with Crippen LogP contribution in [-0.2, 0) is 0 Å². The molecule has 2 atom stereocenters. The van der Waals surface area contributed by atoms with Crippen molar-refractivity contribution in [1.82, 2.24) is 19.9 Å². The third-order valence-electron chi connectivity index (χ3n) is 5.13. The topological polar surface area (TPSA) is 99.1 Å². The van der Waals surface area contributed by atoms with E-state index in [1.165, 1.54) is 12.1 Å². The molecule has 164 valence electrons. The van der Waals surface area contributed by atoms with Crippen molar-refractivity contribution in [3.05, 3.63) is 60.3 Å². The van der Waals surface area contributed by atoms with E-state index in [0.717, 1.165) is 30.8 Å². The second kappa shape index (κ2) is 10.3. The molecule has 0 radical (unpaired) electrons. The summed E-state index contributed by atoms with van der Waals surface area (Å²) < 4.78 is 13.2. The minimum Gasteiger partial charge on any atom is -0.394 e. The summed E-state index contributed by atoms with van der Waals surface area (Å²) in [5.41, 5.74) is 0.920. The van der Waals surface area contributed by atoms with Gasteiger partial charge in [0.25, 0.3) is 0 Å². The van der Waals surface area contributed by atoms with Gasteiger partial charge in [0.1, 0.15) is 23.3 Å². The summed E-state index contributed by atoms with van der Waals surface area (Å²) in [4.78, 5) is 19.6. The van der Waals surface area contributed by atoms with Crippen molar-refractivity contribution in [2.75, 3.05) is 28.7 Å². The Labute approximate surface area is 186 Å². The number of hydrogen-bond donors (Lipinski definition) is 3. The first-order chi connectivity index (χ1) is 14.6. The molecule has 31 heavy (non-hydrogen) atoms. The fourth-order valence-corrected chi connectivity index (χ4v) is 3.56. The Kier molecular flexibility index (Phi) is 7.54. The minimum absolute atomic E-state index is 0. The summed E-state index contributed by atoms with van der Waals surface area (Å²) in [6.45, 7) is 2.86. The van der Waals surface area contributed by atoms with Gasteiger partial charge in [0.2, 0.25) is 5.95 Å². The quantitative estimate of drug-likeness (QED) is 0.506. The van der Waals surface area contributed by atoms with Gasteiger partial charge in [-0.15, -0.1) is 12.4 Å². The SMILES string of the molecule is C[C@H](Nc1nc(Nc2cnccn2)cc(N2CCC[C@H]2CO)n1)c1ccc(F)cc1.Cl. The maximum Gasteiger partial charge on any atom is 0.227 e. The molecule has 10 heteroatoms. The van der Waals surface area contributed by atoms with Crippen LogP contribution in [0.1, 0.15) is 31.4 Å². The van der Waals surface area contributed by atoms with Crippen molar-refractivity contribution in [3.63, 3.8) is 0 Å². The highest BCUT2D eigenvalue weighted by atomic mass is 35.5. The number of aromatic nitrogens is 4. The van der Waals surface area contributed by atoms with E-state index >= 15 is 0 Å². The Balaban J connectivity index is 0.00000272. The molecular weight excluding hydrogens is 421 g/mol. The number of nitrogens with one attached hydrogen (secondary N) is 2. The second-order valence-electron chi connectivity index (χ2n) is 7.24. The van der Waals surface area contributed by atoms with Gasteiger partial charge in [-0.2, -0.15) is 9.97 Å². The number of benzene rings is 1. The maximum absolute atomic E-state index is 13.2. The van der Waals surface area contributed by atoms with Crippen LogP contribution in [0.2, 0.25) is 0 Å². The molecule has 1 fully saturated rings. The molecule has 3 heterocycles. The summed E-state index contributed by atoms with van der Waals surface area (Å²) in [5.74, 6) is 2.02. The third kappa shape index (κ3) is 5.56. The molecule has 1 aromatic carbocycles. The van der Waals surface area contributed by atoms with E-state index < -0.39 is 0 Å². The highest BCUT2D eigenvalue weighted by Crippen LogP contribution is 2.28. The summed E-state index contributed by atoms with van der Waals surface area (Å²) in [6.07, 6.45) is 6.73. The summed E-state index contributed by atoms with van der Waals surface area (Å²) in [6, 6.07) is 8.08. The molecule has 0 spiro atoms. The van der Waals surface area contributed by atoms with Crippen LogP contribution < -0.4 is 15.5 Å². The molecular formula is C21H25ClFN7O. The number of anilines is 4. The van der Waals surface area contributed by atoms with E-state index in [-0.39, 0.29) is 36.9 Å². The Morgan fingerprint density at radius 2 is 2.00 bits per heavy atom. The Morgan fingerprint density at radius 3 is 2.71 bits per heavy atom. The van der Waals surface area contributed by atoms with Gasteiger partial charge in [0.05, 0.1) is 24.9 Å². The van der Waals surface area contributed by atoms with Crippen LogP contribution >= 0.6 is 12.4 Å². The number of nitrogens with zero attached hydrogens (tertiary/aromatic N) is 5. The average Bonchev–Trinajstić information content (AvgIpc) is 3.24. The molecule has 3 aromatic rings. The van der Waals surface area contributed by atoms with Crippen LogP contribution in [0.4, 0.5) is 27.8 Å². The van der Waals surface area contributed by atoms with Gasteiger partial charge >= 0.3 is 0 Å². The first kappa shape index (κ1) is 22.6. The monoisotopic (exact) mass is 445 g/mol. The molecule has 1 saturated heterocycles. The van der Waals surface area contributed by atoms with E-state index in [9.17, 15) is 9.50 Å². The van der Waals surface area contributed by atoms with E-state index in [2.05, 4.69) is 35.5 Å². The number of rotatable bonds is 7. The van der Waals surface area contributed by atoms with Crippen LogP contribution in [0.15, 0.2) is 48.9 Å². The molecule has 0 bridgehead atoms. The van der Waals surface area contributed by atoms with Crippen molar-refractivity contribution >= 4 is 35.8 Å². The highest BCUT2D eigenvalue weighted by Gasteiger charge is 2.26. The molecule has 4 rings (SSSR count). The number of halogens is 2. The zero-order valence-corrected chi connectivity index (χ0v) is 17.9. The molecule has 0 amide bonds. The standard InChI is InChI=1S/C21H24FN7O.ClH/c1-14(15-4-6-16(22)7-5-15)25-21-27-18(26-19-12-23-8-9-24-19)11-20(28-21)29-10-2-3-17(29)13-30;/h4-9,11-12,14,17,30H,2-3,10,13H2,1H3,(H2,24,25,26,27,28);1H/t14-,17-;/m0./s1. The summed E-state index contributed by atoms with van der Waals surface area (Å²) >= 11 is 0. The van der Waals surface area contributed by atoms with Crippen LogP contribution in [-0.4, -0.2) is 44.2 Å². The number of hydrogen-bond acceptors (Lipinski definition) is 8. The molecule has 2 aromatic heterocycles. The van der Waals surface area contributed by atoms with Gasteiger partial charge in [-0.05, 0) is 37.5 Å². The van der Waals surface area contributed by atoms with Gasteiger partial charge < -0.3 is 20.6 Å². The lowest BCUT2D eigenvalue weighted by Gasteiger charge is -2.25. The molecule has 0 unspecified atom stereocenters. The number of aliphatic hydroxyl groups excluding tert-OH is 1. The van der Waals surface area contributed by atoms with Crippen LogP contribution in [0.3, 0.4) is 0 Å². The summed E-state index contributed by atoms with van der Waals surface area (Å²) in [7, 11) is 0. The zero-order valence-electron chi connectivity index (χ0n) is 17.1. The van der Waals surface area contributed by atoms with E-state index in [4.69, 9.17) is 0 Å². The minimum atomic E-state index is -0.274. The maximum atomic E-state index is 13.2. The molecule has 0 saturated carbocycles. The lowest BCUT2D eigenvalue weighted by Crippen LogP contribution is -2.33. The predicted octanol–water partition coefficient (Wildman–Crippen LogP) is 3.71. The van der Waals surface area contributed by atoms with Crippen LogP contribution in [0.25, 0.3) is 0 Å². The fourth-order valence-electron chi connectivity index (χ4n) is 3.56. The van der Waals surface area contributed by atoms with E-state index in [0.29, 0.717) is 17.6 Å². The van der Waals surface area contributed by atoms with Gasteiger partial charge in [0, 0.05) is 25.0 Å². The van der Waals surface area contributed by atoms with Crippen molar-refractivity contribution in [3.8, 4) is 0 Å². The van der Waals surface area contributed by atoms with Gasteiger partial charge in [-0.25, -0.2) is 9.37 Å². The second-order valence-corrected chi connectivity index (χ2v) is 7.24. The lowest BCUT2D eigenvalue weighted by atomic mass is 10.1. The smallest absolute Gasteiger partial charge is 0.227 e. The molecule has 3 N–H and O–H groups in total. The van der Waals surface area contributed by atoms with Gasteiger partial charge in [-0.3, -0.25) is 4.98 Å². The predicted molar refractivity (Wildman–Crippen MR) is 120 cm³/mol. The first-order valence-electron chi connectivity index (χ1n) is 9.94. The first-order valence-corrected chi connectivity index (χ1v) is 9.94. The third-order valence-corrected chi connectivity index (χ3v) is 5.13. The Morgan fingerprint density at radius 1 is 1.19 bits per heavy atom. The van der Waals surface area contributed by atoms with Crippen LogP contribution in [0.5, 0.6) is 0 Å². The fraction of sp³-hybridized carbons (Fsp3) is 0.333.